The van der Waals surface area contributed by atoms with E-state index >= 15 is 0 Å². The second-order valence-electron chi connectivity index (χ2n) is 4.95. The monoisotopic (exact) mass is 265 g/mol. The van der Waals surface area contributed by atoms with Crippen molar-refractivity contribution in [3.8, 4) is 0 Å². The number of aliphatic hydroxyl groups is 1. The first-order valence-corrected chi connectivity index (χ1v) is 6.49. The van der Waals surface area contributed by atoms with E-state index < -0.39 is 4.92 Å². The van der Waals surface area contributed by atoms with Gasteiger partial charge in [-0.1, -0.05) is 12.5 Å². The van der Waals surface area contributed by atoms with Crippen LogP contribution in [0.3, 0.4) is 0 Å². The maximum absolute atomic E-state index is 10.9. The highest BCUT2D eigenvalue weighted by Crippen LogP contribution is 2.25. The van der Waals surface area contributed by atoms with Gasteiger partial charge in [0, 0.05) is 18.7 Å². The van der Waals surface area contributed by atoms with Crippen molar-refractivity contribution in [3.05, 3.63) is 33.9 Å². The van der Waals surface area contributed by atoms with Crippen molar-refractivity contribution in [2.45, 2.75) is 31.8 Å². The van der Waals surface area contributed by atoms with Crippen LogP contribution in [0.15, 0.2) is 18.2 Å². The van der Waals surface area contributed by atoms with E-state index in [4.69, 9.17) is 5.73 Å². The molecule has 2 rings (SSSR count). The summed E-state index contributed by atoms with van der Waals surface area (Å²) in [6.07, 6.45) is 3.21. The van der Waals surface area contributed by atoms with Gasteiger partial charge in [0.2, 0.25) is 0 Å². The minimum atomic E-state index is -0.460. The van der Waals surface area contributed by atoms with E-state index in [0.29, 0.717) is 6.54 Å². The van der Waals surface area contributed by atoms with Crippen molar-refractivity contribution in [1.29, 1.82) is 0 Å². The van der Waals surface area contributed by atoms with Gasteiger partial charge in [-0.2, -0.15) is 0 Å². The van der Waals surface area contributed by atoms with Crippen LogP contribution >= 0.6 is 0 Å². The second-order valence-corrected chi connectivity index (χ2v) is 4.95. The molecule has 1 fully saturated rings. The molecule has 1 aliphatic heterocycles. The summed E-state index contributed by atoms with van der Waals surface area (Å²) >= 11 is 0. The van der Waals surface area contributed by atoms with Crippen LogP contribution in [0.4, 0.5) is 11.4 Å². The zero-order chi connectivity index (χ0) is 13.8. The Morgan fingerprint density at radius 1 is 1.47 bits per heavy atom. The lowest BCUT2D eigenvalue weighted by Crippen LogP contribution is -2.41. The average Bonchev–Trinajstić information content (AvgIpc) is 2.41. The largest absolute Gasteiger partial charge is 0.395 e. The van der Waals surface area contributed by atoms with Crippen LogP contribution in [0, 0.1) is 10.1 Å². The van der Waals surface area contributed by atoms with Gasteiger partial charge in [0.1, 0.15) is 5.69 Å². The van der Waals surface area contributed by atoms with Crippen LogP contribution in [0.25, 0.3) is 0 Å². The maximum atomic E-state index is 10.9. The predicted octanol–water partition coefficient (Wildman–Crippen LogP) is 1.52. The van der Waals surface area contributed by atoms with Crippen molar-refractivity contribution in [1.82, 2.24) is 4.90 Å². The quantitative estimate of drug-likeness (QED) is 0.489. The van der Waals surface area contributed by atoms with E-state index in [2.05, 4.69) is 4.90 Å². The molecule has 1 saturated heterocycles. The van der Waals surface area contributed by atoms with Crippen LogP contribution in [0.2, 0.25) is 0 Å². The van der Waals surface area contributed by atoms with Gasteiger partial charge in [-0.05, 0) is 31.0 Å². The van der Waals surface area contributed by atoms with Gasteiger partial charge >= 0.3 is 0 Å². The van der Waals surface area contributed by atoms with Gasteiger partial charge in [0.15, 0.2) is 0 Å². The van der Waals surface area contributed by atoms with E-state index in [1.54, 1.807) is 6.07 Å². The Morgan fingerprint density at radius 2 is 2.26 bits per heavy atom. The van der Waals surface area contributed by atoms with E-state index in [9.17, 15) is 15.2 Å². The third-order valence-corrected chi connectivity index (χ3v) is 3.64. The highest BCUT2D eigenvalue weighted by Gasteiger charge is 2.22. The number of hydrogen-bond donors (Lipinski definition) is 2. The number of hydrogen-bond acceptors (Lipinski definition) is 5. The molecule has 0 spiro atoms. The summed E-state index contributed by atoms with van der Waals surface area (Å²) in [6.45, 7) is 1.67. The zero-order valence-corrected chi connectivity index (χ0v) is 10.8. The lowest BCUT2D eigenvalue weighted by molar-refractivity contribution is -0.384. The summed E-state index contributed by atoms with van der Waals surface area (Å²) < 4.78 is 0. The minimum Gasteiger partial charge on any atom is -0.395 e. The molecule has 6 nitrogen and oxygen atoms in total. The van der Waals surface area contributed by atoms with E-state index in [0.717, 1.165) is 31.4 Å². The number of nitrogens with two attached hydrogens (primary N) is 1. The molecule has 0 amide bonds. The smallest absolute Gasteiger partial charge is 0.292 e. The number of piperidine rings is 1. The Morgan fingerprint density at radius 3 is 2.95 bits per heavy atom. The zero-order valence-electron chi connectivity index (χ0n) is 10.8. The summed E-state index contributed by atoms with van der Waals surface area (Å²) in [7, 11) is 0. The summed E-state index contributed by atoms with van der Waals surface area (Å²) in [5.74, 6) is 0. The van der Waals surface area contributed by atoms with Gasteiger partial charge < -0.3 is 10.8 Å². The number of nitro benzene ring substituents is 1. The highest BCUT2D eigenvalue weighted by atomic mass is 16.6. The summed E-state index contributed by atoms with van der Waals surface area (Å²) in [6, 6.07) is 5.07. The fourth-order valence-electron chi connectivity index (χ4n) is 2.56. The van der Waals surface area contributed by atoms with Crippen LogP contribution in [-0.2, 0) is 6.54 Å². The Labute approximate surface area is 112 Å². The SMILES string of the molecule is Nc1ccc(CN2CCCCC2CO)cc1[N+](=O)[O-]. The standard InChI is InChI=1S/C13H19N3O3/c14-12-5-4-10(7-13(12)16(18)19)8-15-6-2-1-3-11(15)9-17/h4-5,7,11,17H,1-3,6,8-9,14H2. The summed E-state index contributed by atoms with van der Waals surface area (Å²) in [4.78, 5) is 12.6. The molecular formula is C13H19N3O3. The third-order valence-electron chi connectivity index (χ3n) is 3.64. The van der Waals surface area contributed by atoms with Gasteiger partial charge in [-0.3, -0.25) is 15.0 Å². The molecule has 1 heterocycles. The van der Waals surface area contributed by atoms with Gasteiger partial charge in [0.25, 0.3) is 5.69 Å². The Hall–Kier alpha value is -1.66. The van der Waals surface area contributed by atoms with Gasteiger partial charge in [-0.15, -0.1) is 0 Å². The van der Waals surface area contributed by atoms with Gasteiger partial charge in [-0.25, -0.2) is 0 Å². The van der Waals surface area contributed by atoms with Gasteiger partial charge in [0.05, 0.1) is 11.5 Å². The van der Waals surface area contributed by atoms with Crippen molar-refractivity contribution in [2.75, 3.05) is 18.9 Å². The molecule has 6 heteroatoms. The van der Waals surface area contributed by atoms with Crippen molar-refractivity contribution in [3.63, 3.8) is 0 Å². The molecule has 1 unspecified atom stereocenters. The molecule has 104 valence electrons. The molecule has 0 radical (unpaired) electrons. The molecule has 19 heavy (non-hydrogen) atoms. The normalized spacial score (nSPS) is 20.4. The van der Waals surface area contributed by atoms with Crippen LogP contribution in [-0.4, -0.2) is 34.1 Å². The number of nitrogens with zero attached hydrogens (tertiary/aromatic N) is 2. The molecule has 0 saturated carbocycles. The first-order chi connectivity index (χ1) is 9.11. The molecular weight excluding hydrogens is 246 g/mol. The molecule has 0 aromatic heterocycles. The fraction of sp³-hybridized carbons (Fsp3) is 0.538. The summed E-state index contributed by atoms with van der Waals surface area (Å²) in [5, 5.41) is 20.2. The lowest BCUT2D eigenvalue weighted by atomic mass is 10.0. The molecule has 1 aromatic rings. The van der Waals surface area contributed by atoms with Crippen molar-refractivity contribution >= 4 is 11.4 Å². The number of nitrogen functional groups attached to an aromatic ring is 1. The third kappa shape index (κ3) is 3.21. The number of likely N-dealkylation sites (tertiary alicyclic amines) is 1. The van der Waals surface area contributed by atoms with Crippen LogP contribution in [0.5, 0.6) is 0 Å². The number of aliphatic hydroxyl groups excluding tert-OH is 1. The van der Waals surface area contributed by atoms with Crippen molar-refractivity contribution < 1.29 is 10.0 Å². The van der Waals surface area contributed by atoms with E-state index in [-0.39, 0.29) is 24.0 Å². The summed E-state index contributed by atoms with van der Waals surface area (Å²) in [5.41, 5.74) is 6.58. The van der Waals surface area contributed by atoms with Crippen LogP contribution < -0.4 is 5.73 Å². The average molecular weight is 265 g/mol. The number of anilines is 1. The molecule has 0 bridgehead atoms. The molecule has 0 aliphatic carbocycles. The molecule has 1 aliphatic rings. The molecule has 3 N–H and O–H groups in total. The Balaban J connectivity index is 2.14. The Kier molecular flexibility index (Phi) is 4.34. The molecule has 1 atom stereocenters. The minimum absolute atomic E-state index is 0.0462. The topological polar surface area (TPSA) is 92.6 Å². The highest BCUT2D eigenvalue weighted by molar-refractivity contribution is 5.59. The number of rotatable bonds is 4. The fourth-order valence-corrected chi connectivity index (χ4v) is 2.56. The van der Waals surface area contributed by atoms with Crippen LogP contribution in [0.1, 0.15) is 24.8 Å². The van der Waals surface area contributed by atoms with Crippen molar-refractivity contribution in [2.24, 2.45) is 0 Å². The second kappa shape index (κ2) is 5.99. The predicted molar refractivity (Wildman–Crippen MR) is 72.6 cm³/mol. The molecule has 1 aromatic carbocycles. The number of benzene rings is 1. The first kappa shape index (κ1) is 13.8. The maximum Gasteiger partial charge on any atom is 0.292 e. The lowest BCUT2D eigenvalue weighted by Gasteiger charge is -2.34. The number of nitro groups is 1. The first-order valence-electron chi connectivity index (χ1n) is 6.49. The Bertz CT molecular complexity index is 464. The van der Waals surface area contributed by atoms with E-state index in [1.165, 1.54) is 6.07 Å². The van der Waals surface area contributed by atoms with E-state index in [1.807, 2.05) is 6.07 Å².